The summed E-state index contributed by atoms with van der Waals surface area (Å²) < 4.78 is 0. The third-order valence-electron chi connectivity index (χ3n) is 3.03. The lowest BCUT2D eigenvalue weighted by molar-refractivity contribution is 0.521. The summed E-state index contributed by atoms with van der Waals surface area (Å²) in [5.74, 6) is 1.23. The highest BCUT2D eigenvalue weighted by Gasteiger charge is 2.24. The molecule has 1 N–H and O–H groups in total. The minimum atomic E-state index is 0.579. The Balaban J connectivity index is 2.26. The second kappa shape index (κ2) is 4.62. The molecule has 1 aliphatic rings. The average Bonchev–Trinajstić information content (AvgIpc) is 2.63. The molecule has 0 saturated carbocycles. The fourth-order valence-electron chi connectivity index (χ4n) is 2.22. The van der Waals surface area contributed by atoms with Crippen LogP contribution in [0.1, 0.15) is 54.1 Å². The molecule has 2 rings (SSSR count). The topological polar surface area (TPSA) is 24.9 Å². The quantitative estimate of drug-likeness (QED) is 0.854. The standard InChI is InChI=1S/C12H20N2S/c1-8(2)12-14-11-9(7-13-3)5-4-6-10(11)15-12/h8-9,13H,4-7H2,1-3H3. The average molecular weight is 224 g/mol. The number of aryl methyl sites for hydroxylation is 1. The van der Waals surface area contributed by atoms with Crippen LogP contribution in [-0.4, -0.2) is 18.6 Å². The number of nitrogens with zero attached hydrogens (tertiary/aromatic N) is 1. The van der Waals surface area contributed by atoms with Crippen LogP contribution in [0.4, 0.5) is 0 Å². The van der Waals surface area contributed by atoms with E-state index in [0.717, 1.165) is 6.54 Å². The molecular formula is C12H20N2S. The fourth-order valence-corrected chi connectivity index (χ4v) is 3.41. The van der Waals surface area contributed by atoms with E-state index in [1.165, 1.54) is 30.0 Å². The Kier molecular flexibility index (Phi) is 3.42. The van der Waals surface area contributed by atoms with Crippen LogP contribution >= 0.6 is 11.3 Å². The predicted molar refractivity (Wildman–Crippen MR) is 65.8 cm³/mol. The van der Waals surface area contributed by atoms with E-state index >= 15 is 0 Å². The van der Waals surface area contributed by atoms with Crippen molar-refractivity contribution in [2.75, 3.05) is 13.6 Å². The summed E-state index contributed by atoms with van der Waals surface area (Å²) >= 11 is 1.93. The normalized spacial score (nSPS) is 20.7. The van der Waals surface area contributed by atoms with Crippen molar-refractivity contribution >= 4 is 11.3 Å². The first-order chi connectivity index (χ1) is 7.22. The molecule has 0 aliphatic heterocycles. The number of rotatable bonds is 3. The van der Waals surface area contributed by atoms with Crippen molar-refractivity contribution < 1.29 is 0 Å². The Morgan fingerprint density at radius 3 is 3.00 bits per heavy atom. The van der Waals surface area contributed by atoms with Gasteiger partial charge in [-0.15, -0.1) is 11.3 Å². The molecule has 1 aromatic heterocycles. The summed E-state index contributed by atoms with van der Waals surface area (Å²) in [4.78, 5) is 6.38. The van der Waals surface area contributed by atoms with Gasteiger partial charge in [0, 0.05) is 23.3 Å². The molecule has 84 valence electrons. The van der Waals surface area contributed by atoms with Gasteiger partial charge in [-0.25, -0.2) is 4.98 Å². The van der Waals surface area contributed by atoms with Crippen molar-refractivity contribution in [1.82, 2.24) is 10.3 Å². The summed E-state index contributed by atoms with van der Waals surface area (Å²) in [6.07, 6.45) is 3.88. The van der Waals surface area contributed by atoms with Gasteiger partial charge in [0.1, 0.15) is 0 Å². The third kappa shape index (κ3) is 2.23. The first-order valence-corrected chi connectivity index (χ1v) is 6.68. The molecule has 0 spiro atoms. The molecule has 1 aliphatic carbocycles. The molecule has 0 bridgehead atoms. The summed E-state index contributed by atoms with van der Waals surface area (Å²) in [5.41, 5.74) is 1.39. The molecule has 1 heterocycles. The van der Waals surface area contributed by atoms with Gasteiger partial charge in [-0.1, -0.05) is 13.8 Å². The van der Waals surface area contributed by atoms with E-state index in [9.17, 15) is 0 Å². The summed E-state index contributed by atoms with van der Waals surface area (Å²) in [6, 6.07) is 0. The van der Waals surface area contributed by atoms with Gasteiger partial charge >= 0.3 is 0 Å². The van der Waals surface area contributed by atoms with Crippen molar-refractivity contribution in [3.05, 3.63) is 15.6 Å². The van der Waals surface area contributed by atoms with E-state index in [4.69, 9.17) is 4.98 Å². The van der Waals surface area contributed by atoms with Gasteiger partial charge in [0.25, 0.3) is 0 Å². The Hall–Kier alpha value is -0.410. The van der Waals surface area contributed by atoms with E-state index in [1.54, 1.807) is 4.88 Å². The lowest BCUT2D eigenvalue weighted by atomic mass is 9.91. The smallest absolute Gasteiger partial charge is 0.0956 e. The highest BCUT2D eigenvalue weighted by Crippen LogP contribution is 2.36. The maximum Gasteiger partial charge on any atom is 0.0956 e. The Labute approximate surface area is 96.1 Å². The Morgan fingerprint density at radius 1 is 1.53 bits per heavy atom. The van der Waals surface area contributed by atoms with Crippen molar-refractivity contribution in [3.8, 4) is 0 Å². The van der Waals surface area contributed by atoms with E-state index in [1.807, 2.05) is 18.4 Å². The van der Waals surface area contributed by atoms with Gasteiger partial charge in [-0.2, -0.15) is 0 Å². The fraction of sp³-hybridized carbons (Fsp3) is 0.750. The van der Waals surface area contributed by atoms with E-state index < -0.39 is 0 Å². The predicted octanol–water partition coefficient (Wildman–Crippen LogP) is 2.91. The monoisotopic (exact) mass is 224 g/mol. The van der Waals surface area contributed by atoms with E-state index in [2.05, 4.69) is 19.2 Å². The minimum absolute atomic E-state index is 0.579. The number of thiazole rings is 1. The Bertz CT molecular complexity index is 330. The van der Waals surface area contributed by atoms with Gasteiger partial charge < -0.3 is 5.32 Å². The minimum Gasteiger partial charge on any atom is -0.319 e. The molecule has 2 nitrogen and oxygen atoms in total. The first kappa shape index (κ1) is 11.1. The molecule has 0 fully saturated rings. The van der Waals surface area contributed by atoms with E-state index in [-0.39, 0.29) is 0 Å². The van der Waals surface area contributed by atoms with Crippen molar-refractivity contribution in [1.29, 1.82) is 0 Å². The van der Waals surface area contributed by atoms with Crippen LogP contribution in [0.5, 0.6) is 0 Å². The number of aromatic nitrogens is 1. The summed E-state index contributed by atoms with van der Waals surface area (Å²) in [7, 11) is 2.03. The van der Waals surface area contributed by atoms with Crippen LogP contribution in [0.2, 0.25) is 0 Å². The largest absolute Gasteiger partial charge is 0.319 e. The zero-order valence-electron chi connectivity index (χ0n) is 9.84. The summed E-state index contributed by atoms with van der Waals surface area (Å²) in [5, 5.41) is 4.60. The molecule has 0 aromatic carbocycles. The van der Waals surface area contributed by atoms with Crippen molar-refractivity contribution in [2.24, 2.45) is 0 Å². The maximum atomic E-state index is 4.83. The highest BCUT2D eigenvalue weighted by molar-refractivity contribution is 7.11. The van der Waals surface area contributed by atoms with Crippen LogP contribution < -0.4 is 5.32 Å². The van der Waals surface area contributed by atoms with Crippen LogP contribution in [-0.2, 0) is 6.42 Å². The number of likely N-dealkylation sites (N-methyl/N-ethyl adjacent to an activating group) is 1. The molecule has 1 unspecified atom stereocenters. The van der Waals surface area contributed by atoms with Crippen LogP contribution in [0, 0.1) is 0 Å². The van der Waals surface area contributed by atoms with Crippen LogP contribution in [0.25, 0.3) is 0 Å². The number of hydrogen-bond donors (Lipinski definition) is 1. The van der Waals surface area contributed by atoms with Gasteiger partial charge in [0.05, 0.1) is 10.7 Å². The van der Waals surface area contributed by atoms with Crippen molar-refractivity contribution in [2.45, 2.75) is 44.9 Å². The number of nitrogens with one attached hydrogen (secondary N) is 1. The number of hydrogen-bond acceptors (Lipinski definition) is 3. The molecule has 0 amide bonds. The van der Waals surface area contributed by atoms with Crippen molar-refractivity contribution in [3.63, 3.8) is 0 Å². The molecule has 1 atom stereocenters. The van der Waals surface area contributed by atoms with E-state index in [0.29, 0.717) is 11.8 Å². The third-order valence-corrected chi connectivity index (χ3v) is 4.46. The lowest BCUT2D eigenvalue weighted by Crippen LogP contribution is -2.21. The maximum absolute atomic E-state index is 4.83. The second-order valence-electron chi connectivity index (χ2n) is 4.66. The second-order valence-corrected chi connectivity index (χ2v) is 5.78. The zero-order chi connectivity index (χ0) is 10.8. The molecule has 0 saturated heterocycles. The first-order valence-electron chi connectivity index (χ1n) is 5.86. The molecular weight excluding hydrogens is 204 g/mol. The zero-order valence-corrected chi connectivity index (χ0v) is 10.7. The number of fused-ring (bicyclic) bond motifs is 1. The van der Waals surface area contributed by atoms with Gasteiger partial charge in [-0.05, 0) is 26.3 Å². The molecule has 15 heavy (non-hydrogen) atoms. The molecule has 3 heteroatoms. The molecule has 1 aromatic rings. The van der Waals surface area contributed by atoms with Gasteiger partial charge in [0.2, 0.25) is 0 Å². The van der Waals surface area contributed by atoms with Gasteiger partial charge in [0.15, 0.2) is 0 Å². The van der Waals surface area contributed by atoms with Gasteiger partial charge in [-0.3, -0.25) is 0 Å². The summed E-state index contributed by atoms with van der Waals surface area (Å²) in [6.45, 7) is 5.54. The lowest BCUT2D eigenvalue weighted by Gasteiger charge is -2.20. The molecule has 0 radical (unpaired) electrons. The van der Waals surface area contributed by atoms with Crippen LogP contribution in [0.3, 0.4) is 0 Å². The van der Waals surface area contributed by atoms with Crippen LogP contribution in [0.15, 0.2) is 0 Å². The Morgan fingerprint density at radius 2 is 2.33 bits per heavy atom. The SMILES string of the molecule is CNCC1CCCc2sc(C(C)C)nc21. The highest BCUT2D eigenvalue weighted by atomic mass is 32.1.